The lowest BCUT2D eigenvalue weighted by atomic mass is 10.3. The van der Waals surface area contributed by atoms with Crippen molar-refractivity contribution in [1.29, 1.82) is 0 Å². The van der Waals surface area contributed by atoms with Gasteiger partial charge in [0.2, 0.25) is 0 Å². The Balaban J connectivity index is 1.52. The van der Waals surface area contributed by atoms with Crippen molar-refractivity contribution in [2.24, 2.45) is 5.92 Å². The average molecular weight is 258 g/mol. The zero-order valence-electron chi connectivity index (χ0n) is 9.65. The lowest BCUT2D eigenvalue weighted by molar-refractivity contribution is 0.0324. The first kappa shape index (κ1) is 12.8. The highest BCUT2D eigenvalue weighted by Gasteiger charge is 2.21. The Bertz CT molecular complexity index is 386. The summed E-state index contributed by atoms with van der Waals surface area (Å²) in [4.78, 5) is 13.5. The van der Waals surface area contributed by atoms with E-state index in [0.717, 1.165) is 29.6 Å². The summed E-state index contributed by atoms with van der Waals surface area (Å²) in [5.74, 6) is 0.728. The van der Waals surface area contributed by atoms with Gasteiger partial charge in [-0.05, 0) is 18.8 Å². The van der Waals surface area contributed by atoms with Crippen LogP contribution >= 0.6 is 11.3 Å². The molecule has 0 spiro atoms. The Morgan fingerprint density at radius 2 is 2.47 bits per heavy atom. The topological polar surface area (TPSA) is 74.4 Å². The summed E-state index contributed by atoms with van der Waals surface area (Å²) in [6.07, 6.45) is 2.04. The fourth-order valence-electron chi connectivity index (χ4n) is 1.49. The van der Waals surface area contributed by atoms with Crippen LogP contribution in [0.4, 0.5) is 0 Å². The van der Waals surface area contributed by atoms with Gasteiger partial charge < -0.3 is 20.1 Å². The van der Waals surface area contributed by atoms with E-state index < -0.39 is 6.10 Å². The molecule has 0 bridgehead atoms. The van der Waals surface area contributed by atoms with Crippen LogP contribution in [-0.2, 0) is 11.3 Å². The van der Waals surface area contributed by atoms with E-state index in [1.54, 1.807) is 5.38 Å². The van der Waals surface area contributed by atoms with Gasteiger partial charge in [-0.2, -0.15) is 0 Å². The summed E-state index contributed by atoms with van der Waals surface area (Å²) in [5.41, 5.74) is 0.853. The van der Waals surface area contributed by atoms with E-state index >= 15 is 0 Å². The lowest BCUT2D eigenvalue weighted by Crippen LogP contribution is -2.30. The Kier molecular flexibility index (Phi) is 4.73. The number of H-pyrrole nitrogens is 1. The molecule has 3 N–H and O–H groups in total. The molecule has 1 atom stereocenters. The van der Waals surface area contributed by atoms with Crippen LogP contribution in [0.2, 0.25) is 0 Å². The standard InChI is InChI=1S/C11H18N2O3S/c14-10(6-16-5-8-1-2-8)4-12-3-9-7-17-11(15)13-9/h7-8,10,12,14H,1-6H2,(H,13,15). The quantitative estimate of drug-likeness (QED) is 0.627. The number of nitrogens with one attached hydrogen (secondary N) is 2. The zero-order chi connectivity index (χ0) is 12.1. The maximum atomic E-state index is 10.9. The van der Waals surface area contributed by atoms with Crippen LogP contribution in [0.1, 0.15) is 18.5 Å². The van der Waals surface area contributed by atoms with Gasteiger partial charge in [-0.3, -0.25) is 4.79 Å². The van der Waals surface area contributed by atoms with Crippen molar-refractivity contribution in [2.45, 2.75) is 25.5 Å². The van der Waals surface area contributed by atoms with Crippen molar-refractivity contribution >= 4 is 11.3 Å². The van der Waals surface area contributed by atoms with Crippen LogP contribution in [0.3, 0.4) is 0 Å². The van der Waals surface area contributed by atoms with E-state index in [9.17, 15) is 9.90 Å². The summed E-state index contributed by atoms with van der Waals surface area (Å²) in [6, 6.07) is 0. The summed E-state index contributed by atoms with van der Waals surface area (Å²) >= 11 is 1.15. The minimum absolute atomic E-state index is 0.0462. The molecule has 17 heavy (non-hydrogen) atoms. The second-order valence-corrected chi connectivity index (χ2v) is 5.28. The second-order valence-electron chi connectivity index (χ2n) is 4.44. The van der Waals surface area contributed by atoms with E-state index in [2.05, 4.69) is 10.3 Å². The van der Waals surface area contributed by atoms with Gasteiger partial charge in [-0.25, -0.2) is 0 Å². The fraction of sp³-hybridized carbons (Fsp3) is 0.727. The third kappa shape index (κ3) is 4.99. The van der Waals surface area contributed by atoms with Gasteiger partial charge in [0.1, 0.15) is 0 Å². The van der Waals surface area contributed by atoms with Crippen LogP contribution in [0.15, 0.2) is 10.2 Å². The molecule has 1 fully saturated rings. The molecule has 1 aliphatic carbocycles. The SMILES string of the molecule is O=c1[nH]c(CNCC(O)COCC2CC2)cs1. The maximum absolute atomic E-state index is 10.9. The molecule has 0 aliphatic heterocycles. The number of hydrogen-bond donors (Lipinski definition) is 3. The number of thiazole rings is 1. The van der Waals surface area contributed by atoms with Crippen LogP contribution in [0.5, 0.6) is 0 Å². The van der Waals surface area contributed by atoms with E-state index in [0.29, 0.717) is 19.7 Å². The zero-order valence-corrected chi connectivity index (χ0v) is 10.5. The smallest absolute Gasteiger partial charge is 0.304 e. The third-order valence-electron chi connectivity index (χ3n) is 2.63. The largest absolute Gasteiger partial charge is 0.389 e. The number of rotatable bonds is 8. The van der Waals surface area contributed by atoms with Crippen LogP contribution in [-0.4, -0.2) is 36.0 Å². The van der Waals surface area contributed by atoms with Crippen molar-refractivity contribution < 1.29 is 9.84 Å². The van der Waals surface area contributed by atoms with Crippen LogP contribution in [0, 0.1) is 5.92 Å². The van der Waals surface area contributed by atoms with E-state index in [1.807, 2.05) is 0 Å². The van der Waals surface area contributed by atoms with E-state index in [4.69, 9.17) is 4.74 Å². The molecular weight excluding hydrogens is 240 g/mol. The van der Waals surface area contributed by atoms with Gasteiger partial charge in [-0.1, -0.05) is 11.3 Å². The van der Waals surface area contributed by atoms with Gasteiger partial charge in [0.15, 0.2) is 0 Å². The highest BCUT2D eigenvalue weighted by Crippen LogP contribution is 2.28. The molecule has 0 radical (unpaired) electrons. The van der Waals surface area contributed by atoms with Crippen molar-refractivity contribution in [3.63, 3.8) is 0 Å². The molecular formula is C11H18N2O3S. The summed E-state index contributed by atoms with van der Waals surface area (Å²) < 4.78 is 5.38. The molecule has 1 aromatic heterocycles. The van der Waals surface area contributed by atoms with E-state index in [1.165, 1.54) is 12.8 Å². The predicted octanol–water partition coefficient (Wildman–Crippen LogP) is 0.313. The number of aromatic nitrogens is 1. The van der Waals surface area contributed by atoms with Crippen LogP contribution < -0.4 is 10.2 Å². The molecule has 1 heterocycles. The molecule has 6 heteroatoms. The average Bonchev–Trinajstić information content (AvgIpc) is 3.02. The number of aliphatic hydroxyl groups excluding tert-OH is 1. The maximum Gasteiger partial charge on any atom is 0.304 e. The summed E-state index contributed by atoms with van der Waals surface area (Å²) in [7, 11) is 0. The number of aromatic amines is 1. The third-order valence-corrected chi connectivity index (χ3v) is 3.35. The van der Waals surface area contributed by atoms with Crippen molar-refractivity contribution in [1.82, 2.24) is 10.3 Å². The van der Waals surface area contributed by atoms with Gasteiger partial charge in [0.05, 0.1) is 12.7 Å². The predicted molar refractivity (Wildman–Crippen MR) is 66.2 cm³/mol. The number of hydrogen-bond acceptors (Lipinski definition) is 5. The molecule has 1 unspecified atom stereocenters. The normalized spacial score (nSPS) is 17.2. The molecule has 1 aliphatic rings. The molecule has 1 saturated carbocycles. The summed E-state index contributed by atoms with van der Waals surface area (Å²) in [6.45, 7) is 2.19. The first-order valence-corrected chi connectivity index (χ1v) is 6.75. The van der Waals surface area contributed by atoms with Gasteiger partial charge in [0.25, 0.3) is 0 Å². The first-order valence-electron chi connectivity index (χ1n) is 5.87. The highest BCUT2D eigenvalue weighted by atomic mass is 32.1. The first-order chi connectivity index (χ1) is 8.24. The molecule has 96 valence electrons. The van der Waals surface area contributed by atoms with Crippen molar-refractivity contribution in [3.05, 3.63) is 20.7 Å². The number of aliphatic hydroxyl groups is 1. The van der Waals surface area contributed by atoms with Gasteiger partial charge in [-0.15, -0.1) is 0 Å². The fourth-order valence-corrected chi connectivity index (χ4v) is 2.07. The highest BCUT2D eigenvalue weighted by molar-refractivity contribution is 7.07. The molecule has 2 rings (SSSR count). The van der Waals surface area contributed by atoms with Crippen molar-refractivity contribution in [2.75, 3.05) is 19.8 Å². The molecule has 1 aromatic rings. The Hall–Kier alpha value is -0.690. The van der Waals surface area contributed by atoms with Crippen LogP contribution in [0.25, 0.3) is 0 Å². The monoisotopic (exact) mass is 258 g/mol. The number of ether oxygens (including phenoxy) is 1. The molecule has 0 aromatic carbocycles. The minimum atomic E-state index is -0.487. The lowest BCUT2D eigenvalue weighted by Gasteiger charge is -2.11. The van der Waals surface area contributed by atoms with Gasteiger partial charge >= 0.3 is 4.87 Å². The summed E-state index contributed by atoms with van der Waals surface area (Å²) in [5, 5.41) is 14.5. The van der Waals surface area contributed by atoms with Gasteiger partial charge in [0, 0.05) is 30.8 Å². The minimum Gasteiger partial charge on any atom is -0.389 e. The Morgan fingerprint density at radius 3 is 3.12 bits per heavy atom. The van der Waals surface area contributed by atoms with E-state index in [-0.39, 0.29) is 4.87 Å². The molecule has 0 amide bonds. The van der Waals surface area contributed by atoms with Crippen molar-refractivity contribution in [3.8, 4) is 0 Å². The molecule has 5 nitrogen and oxygen atoms in total. The molecule has 0 saturated heterocycles. The Labute approximate surface area is 104 Å². The Morgan fingerprint density at radius 1 is 1.65 bits per heavy atom. The second kappa shape index (κ2) is 6.30.